The van der Waals surface area contributed by atoms with E-state index in [1.54, 1.807) is 6.92 Å². The second-order valence-corrected chi connectivity index (χ2v) is 6.00. The number of benzene rings is 1. The third kappa shape index (κ3) is 4.33. The lowest BCUT2D eigenvalue weighted by molar-refractivity contribution is -0.143. The zero-order chi connectivity index (χ0) is 21.2. The van der Waals surface area contributed by atoms with E-state index in [-0.39, 0.29) is 11.7 Å². The molecule has 3 rings (SSSR count). The van der Waals surface area contributed by atoms with Gasteiger partial charge in [0.2, 0.25) is 5.88 Å². The highest BCUT2D eigenvalue weighted by Crippen LogP contribution is 2.33. The van der Waals surface area contributed by atoms with Gasteiger partial charge in [0.05, 0.1) is 24.9 Å². The van der Waals surface area contributed by atoms with Crippen LogP contribution < -0.4 is 10.1 Å². The minimum absolute atomic E-state index is 0.112. The standard InChI is InChI=1S/C18H15F4N5O2/c1-10(11-3-5-12(19)6-4-11)24-17(28)13-9-23-27(16(13)18(20,21)22)14-7-8-15(29-2)26-25-14/h3-10H,1-2H3,(H,24,28)/t10-/m1/s1. The second-order valence-electron chi connectivity index (χ2n) is 6.00. The van der Waals surface area contributed by atoms with Gasteiger partial charge in [-0.2, -0.15) is 18.3 Å². The van der Waals surface area contributed by atoms with Crippen molar-refractivity contribution in [3.63, 3.8) is 0 Å². The van der Waals surface area contributed by atoms with Gasteiger partial charge >= 0.3 is 6.18 Å². The molecule has 1 aromatic carbocycles. The maximum absolute atomic E-state index is 13.7. The van der Waals surface area contributed by atoms with Gasteiger partial charge in [0.25, 0.3) is 5.91 Å². The van der Waals surface area contributed by atoms with Gasteiger partial charge in [-0.15, -0.1) is 10.2 Å². The van der Waals surface area contributed by atoms with Crippen molar-refractivity contribution in [1.29, 1.82) is 0 Å². The third-order valence-corrected chi connectivity index (χ3v) is 4.05. The lowest BCUT2D eigenvalue weighted by Crippen LogP contribution is -2.29. The van der Waals surface area contributed by atoms with E-state index in [0.717, 1.165) is 6.20 Å². The third-order valence-electron chi connectivity index (χ3n) is 4.05. The van der Waals surface area contributed by atoms with E-state index in [1.165, 1.54) is 43.5 Å². The van der Waals surface area contributed by atoms with E-state index in [1.807, 2.05) is 0 Å². The zero-order valence-corrected chi connectivity index (χ0v) is 15.2. The van der Waals surface area contributed by atoms with Crippen LogP contribution in [-0.2, 0) is 6.18 Å². The predicted molar refractivity (Wildman–Crippen MR) is 93.0 cm³/mol. The number of halogens is 4. The molecule has 152 valence electrons. The van der Waals surface area contributed by atoms with Crippen LogP contribution in [0.2, 0.25) is 0 Å². The smallest absolute Gasteiger partial charge is 0.434 e. The molecule has 2 aromatic heterocycles. The normalized spacial score (nSPS) is 12.5. The van der Waals surface area contributed by atoms with Crippen molar-refractivity contribution < 1.29 is 27.1 Å². The van der Waals surface area contributed by atoms with Gasteiger partial charge in [-0.1, -0.05) is 12.1 Å². The summed E-state index contributed by atoms with van der Waals surface area (Å²) < 4.78 is 59.4. The molecule has 3 aromatic rings. The summed E-state index contributed by atoms with van der Waals surface area (Å²) >= 11 is 0. The average Bonchev–Trinajstić information content (AvgIpc) is 3.14. The Hall–Kier alpha value is -3.50. The number of alkyl halides is 3. The highest BCUT2D eigenvalue weighted by atomic mass is 19.4. The number of ether oxygens (including phenoxy) is 1. The summed E-state index contributed by atoms with van der Waals surface area (Å²) in [5, 5.41) is 13.4. The van der Waals surface area contributed by atoms with E-state index < -0.39 is 35.2 Å². The Morgan fingerprint density at radius 2 is 1.83 bits per heavy atom. The number of carbonyl (C=O) groups is 1. The molecule has 0 aliphatic carbocycles. The van der Waals surface area contributed by atoms with E-state index in [9.17, 15) is 22.4 Å². The molecule has 7 nitrogen and oxygen atoms in total. The summed E-state index contributed by atoms with van der Waals surface area (Å²) in [6.45, 7) is 1.57. The lowest BCUT2D eigenvalue weighted by atomic mass is 10.1. The first kappa shape index (κ1) is 20.2. The summed E-state index contributed by atoms with van der Waals surface area (Å²) in [6, 6.07) is 7.15. The van der Waals surface area contributed by atoms with Gasteiger partial charge in [-0.05, 0) is 30.7 Å². The monoisotopic (exact) mass is 409 g/mol. The van der Waals surface area contributed by atoms with Crippen molar-refractivity contribution in [3.05, 3.63) is 65.2 Å². The Morgan fingerprint density at radius 3 is 2.38 bits per heavy atom. The minimum Gasteiger partial charge on any atom is -0.480 e. The van der Waals surface area contributed by atoms with E-state index in [2.05, 4.69) is 20.6 Å². The first-order valence-corrected chi connectivity index (χ1v) is 8.30. The van der Waals surface area contributed by atoms with Gasteiger partial charge in [-0.3, -0.25) is 4.79 Å². The molecular weight excluding hydrogens is 394 g/mol. The lowest BCUT2D eigenvalue weighted by Gasteiger charge is -2.16. The summed E-state index contributed by atoms with van der Waals surface area (Å²) in [6.07, 6.45) is -4.08. The number of rotatable bonds is 5. The Kier molecular flexibility index (Phi) is 5.48. The van der Waals surface area contributed by atoms with Crippen LogP contribution in [0.25, 0.3) is 5.82 Å². The SMILES string of the molecule is COc1ccc(-n2ncc(C(=O)N[C@H](C)c3ccc(F)cc3)c2C(F)(F)F)nn1. The molecule has 0 aliphatic heterocycles. The van der Waals surface area contributed by atoms with Crippen LogP contribution in [0.15, 0.2) is 42.6 Å². The quantitative estimate of drug-likeness (QED) is 0.654. The Morgan fingerprint density at radius 1 is 1.14 bits per heavy atom. The van der Waals surface area contributed by atoms with E-state index >= 15 is 0 Å². The first-order valence-electron chi connectivity index (χ1n) is 8.30. The van der Waals surface area contributed by atoms with Crippen molar-refractivity contribution in [2.45, 2.75) is 19.1 Å². The van der Waals surface area contributed by atoms with Crippen molar-refractivity contribution in [1.82, 2.24) is 25.3 Å². The molecule has 0 fully saturated rings. The van der Waals surface area contributed by atoms with Crippen LogP contribution in [0.4, 0.5) is 17.6 Å². The molecule has 0 spiro atoms. The largest absolute Gasteiger partial charge is 0.480 e. The number of methoxy groups -OCH3 is 1. The fourth-order valence-electron chi connectivity index (χ4n) is 2.61. The van der Waals surface area contributed by atoms with Gasteiger partial charge < -0.3 is 10.1 Å². The molecule has 0 bridgehead atoms. The molecule has 1 atom stereocenters. The maximum Gasteiger partial charge on any atom is 0.434 e. The molecule has 29 heavy (non-hydrogen) atoms. The topological polar surface area (TPSA) is 81.9 Å². The fraction of sp³-hybridized carbons (Fsp3) is 0.222. The molecular formula is C18H15F4N5O2. The second kappa shape index (κ2) is 7.86. The van der Waals surface area contributed by atoms with E-state index in [0.29, 0.717) is 10.2 Å². The van der Waals surface area contributed by atoms with Crippen molar-refractivity contribution in [3.8, 4) is 11.7 Å². The number of nitrogens with one attached hydrogen (secondary N) is 1. The number of hydrogen-bond donors (Lipinski definition) is 1. The molecule has 0 radical (unpaired) electrons. The summed E-state index contributed by atoms with van der Waals surface area (Å²) in [5.74, 6) is -1.57. The van der Waals surface area contributed by atoms with Crippen LogP contribution >= 0.6 is 0 Å². The summed E-state index contributed by atoms with van der Waals surface area (Å²) in [5.41, 5.74) is -1.44. The van der Waals surface area contributed by atoms with Gasteiger partial charge in [0.15, 0.2) is 11.5 Å². The number of carbonyl (C=O) groups excluding carboxylic acids is 1. The Balaban J connectivity index is 1.93. The summed E-state index contributed by atoms with van der Waals surface area (Å²) in [4.78, 5) is 12.5. The van der Waals surface area contributed by atoms with Crippen LogP contribution in [0, 0.1) is 5.82 Å². The fourth-order valence-corrected chi connectivity index (χ4v) is 2.61. The number of nitrogens with zero attached hydrogens (tertiary/aromatic N) is 4. The highest BCUT2D eigenvalue weighted by Gasteiger charge is 2.41. The molecule has 0 saturated heterocycles. The zero-order valence-electron chi connectivity index (χ0n) is 15.2. The van der Waals surface area contributed by atoms with Crippen LogP contribution in [0.1, 0.15) is 34.6 Å². The molecule has 1 amide bonds. The predicted octanol–water partition coefficient (Wildman–Crippen LogP) is 3.32. The first-order chi connectivity index (χ1) is 13.7. The maximum atomic E-state index is 13.7. The molecule has 11 heteroatoms. The summed E-state index contributed by atoms with van der Waals surface area (Å²) in [7, 11) is 1.34. The van der Waals surface area contributed by atoms with Gasteiger partial charge in [0, 0.05) is 6.07 Å². The average molecular weight is 409 g/mol. The Bertz CT molecular complexity index is 1000. The molecule has 0 unspecified atom stereocenters. The van der Waals surface area contributed by atoms with Crippen molar-refractivity contribution in [2.75, 3.05) is 7.11 Å². The van der Waals surface area contributed by atoms with Crippen LogP contribution in [0.3, 0.4) is 0 Å². The van der Waals surface area contributed by atoms with Crippen molar-refractivity contribution in [2.24, 2.45) is 0 Å². The number of hydrogen-bond acceptors (Lipinski definition) is 5. The van der Waals surface area contributed by atoms with E-state index in [4.69, 9.17) is 4.74 Å². The number of amides is 1. The van der Waals surface area contributed by atoms with Gasteiger partial charge in [-0.25, -0.2) is 9.07 Å². The van der Waals surface area contributed by atoms with Crippen LogP contribution in [-0.4, -0.2) is 33.0 Å². The molecule has 0 aliphatic rings. The molecule has 1 N–H and O–H groups in total. The Labute approximate surface area is 162 Å². The van der Waals surface area contributed by atoms with Crippen LogP contribution in [0.5, 0.6) is 5.88 Å². The molecule has 0 saturated carbocycles. The molecule has 2 heterocycles. The van der Waals surface area contributed by atoms with Gasteiger partial charge in [0.1, 0.15) is 5.82 Å². The van der Waals surface area contributed by atoms with Crippen molar-refractivity contribution >= 4 is 5.91 Å². The minimum atomic E-state index is -4.89. The highest BCUT2D eigenvalue weighted by molar-refractivity contribution is 5.95. The number of aromatic nitrogens is 4.